The van der Waals surface area contributed by atoms with Crippen molar-refractivity contribution in [2.75, 3.05) is 43.4 Å². The number of hydrogen-bond donors (Lipinski definition) is 2. The number of piperazine rings is 1. The summed E-state index contributed by atoms with van der Waals surface area (Å²) in [5.41, 5.74) is 2.90. The van der Waals surface area contributed by atoms with Gasteiger partial charge in [-0.2, -0.15) is 0 Å². The van der Waals surface area contributed by atoms with Gasteiger partial charge in [-0.15, -0.1) is 11.3 Å². The Hall–Kier alpha value is -3.65. The standard InChI is InChI=1S/C25H26N4O3S/c1-18-8-10-19(11-9-18)27-24(31)20-5-2-3-6-21(20)26-17-23(30)28-12-14-29(15-13-28)25(32)22-7-4-16-33-22/h2-11,16,26H,12-15,17H2,1H3,(H,27,31). The third-order valence-electron chi connectivity index (χ3n) is 5.56. The Morgan fingerprint density at radius 2 is 1.58 bits per heavy atom. The summed E-state index contributed by atoms with van der Waals surface area (Å²) in [6.45, 7) is 4.08. The third-order valence-corrected chi connectivity index (χ3v) is 6.42. The topological polar surface area (TPSA) is 81.8 Å². The average molecular weight is 463 g/mol. The van der Waals surface area contributed by atoms with Crippen molar-refractivity contribution in [2.24, 2.45) is 0 Å². The minimum Gasteiger partial charge on any atom is -0.376 e. The molecule has 3 amide bonds. The molecule has 0 atom stereocenters. The van der Waals surface area contributed by atoms with E-state index in [4.69, 9.17) is 0 Å². The molecule has 1 aliphatic heterocycles. The van der Waals surface area contributed by atoms with Crippen LogP contribution in [0.15, 0.2) is 66.0 Å². The summed E-state index contributed by atoms with van der Waals surface area (Å²) in [6, 6.07) is 18.4. The van der Waals surface area contributed by atoms with Gasteiger partial charge < -0.3 is 20.4 Å². The van der Waals surface area contributed by atoms with Gasteiger partial charge in [0, 0.05) is 37.6 Å². The second-order valence-electron chi connectivity index (χ2n) is 7.87. The largest absolute Gasteiger partial charge is 0.376 e. The first-order chi connectivity index (χ1) is 16.0. The summed E-state index contributed by atoms with van der Waals surface area (Å²) < 4.78 is 0. The molecule has 2 aromatic carbocycles. The highest BCUT2D eigenvalue weighted by atomic mass is 32.1. The van der Waals surface area contributed by atoms with Crippen LogP contribution in [-0.2, 0) is 4.79 Å². The Balaban J connectivity index is 1.31. The number of anilines is 2. The molecule has 8 heteroatoms. The van der Waals surface area contributed by atoms with Crippen molar-refractivity contribution in [3.8, 4) is 0 Å². The van der Waals surface area contributed by atoms with E-state index in [0.29, 0.717) is 43.1 Å². The fourth-order valence-electron chi connectivity index (χ4n) is 3.67. The van der Waals surface area contributed by atoms with E-state index in [1.165, 1.54) is 11.3 Å². The maximum Gasteiger partial charge on any atom is 0.264 e. The predicted octanol–water partition coefficient (Wildman–Crippen LogP) is 3.71. The number of carbonyl (C=O) groups is 3. The second-order valence-corrected chi connectivity index (χ2v) is 8.82. The van der Waals surface area contributed by atoms with Crippen LogP contribution >= 0.6 is 11.3 Å². The number of thiophene rings is 1. The summed E-state index contributed by atoms with van der Waals surface area (Å²) in [5.74, 6) is -0.286. The van der Waals surface area contributed by atoms with Gasteiger partial charge in [0.25, 0.3) is 11.8 Å². The van der Waals surface area contributed by atoms with E-state index >= 15 is 0 Å². The summed E-state index contributed by atoms with van der Waals surface area (Å²) in [5, 5.41) is 7.89. The van der Waals surface area contributed by atoms with Gasteiger partial charge in [-0.05, 0) is 42.6 Å². The summed E-state index contributed by atoms with van der Waals surface area (Å²) in [6.07, 6.45) is 0. The molecule has 3 aromatic rings. The molecule has 0 bridgehead atoms. The molecule has 1 saturated heterocycles. The summed E-state index contributed by atoms with van der Waals surface area (Å²) in [4.78, 5) is 42.3. The average Bonchev–Trinajstić information content (AvgIpc) is 3.39. The Kier molecular flexibility index (Phi) is 7.04. The maximum atomic E-state index is 12.8. The number of nitrogens with zero attached hydrogens (tertiary/aromatic N) is 2. The lowest BCUT2D eigenvalue weighted by Crippen LogP contribution is -2.51. The van der Waals surface area contributed by atoms with Crippen molar-refractivity contribution in [3.05, 3.63) is 82.0 Å². The fourth-order valence-corrected chi connectivity index (χ4v) is 4.36. The number of nitrogens with one attached hydrogen (secondary N) is 2. The molecule has 0 saturated carbocycles. The SMILES string of the molecule is Cc1ccc(NC(=O)c2ccccc2NCC(=O)N2CCN(C(=O)c3cccs3)CC2)cc1. The van der Waals surface area contributed by atoms with Crippen molar-refractivity contribution in [1.29, 1.82) is 0 Å². The molecule has 0 aliphatic carbocycles. The van der Waals surface area contributed by atoms with Crippen LogP contribution < -0.4 is 10.6 Å². The van der Waals surface area contributed by atoms with E-state index in [9.17, 15) is 14.4 Å². The Morgan fingerprint density at radius 3 is 2.27 bits per heavy atom. The molecule has 0 unspecified atom stereocenters. The third kappa shape index (κ3) is 5.59. The number of amides is 3. The van der Waals surface area contributed by atoms with Crippen LogP contribution in [0.4, 0.5) is 11.4 Å². The monoisotopic (exact) mass is 462 g/mol. The van der Waals surface area contributed by atoms with Crippen molar-refractivity contribution in [2.45, 2.75) is 6.92 Å². The Bertz CT molecular complexity index is 1120. The van der Waals surface area contributed by atoms with Crippen LogP contribution in [0.2, 0.25) is 0 Å². The highest BCUT2D eigenvalue weighted by Gasteiger charge is 2.25. The second kappa shape index (κ2) is 10.3. The van der Waals surface area contributed by atoms with Gasteiger partial charge in [-0.3, -0.25) is 14.4 Å². The van der Waals surface area contributed by atoms with Gasteiger partial charge in [0.15, 0.2) is 0 Å². The van der Waals surface area contributed by atoms with Crippen LogP contribution in [0.5, 0.6) is 0 Å². The fraction of sp³-hybridized carbons (Fsp3) is 0.240. The number of para-hydroxylation sites is 1. The molecule has 0 radical (unpaired) electrons. The molecule has 2 N–H and O–H groups in total. The van der Waals surface area contributed by atoms with Gasteiger partial charge >= 0.3 is 0 Å². The highest BCUT2D eigenvalue weighted by Crippen LogP contribution is 2.18. The molecule has 0 spiro atoms. The number of benzene rings is 2. The molecule has 2 heterocycles. The van der Waals surface area contributed by atoms with Crippen molar-refractivity contribution in [3.63, 3.8) is 0 Å². The molecule has 7 nitrogen and oxygen atoms in total. The first kappa shape index (κ1) is 22.5. The zero-order valence-electron chi connectivity index (χ0n) is 18.4. The zero-order chi connectivity index (χ0) is 23.2. The van der Waals surface area contributed by atoms with Gasteiger partial charge in [0.1, 0.15) is 0 Å². The molecule has 170 valence electrons. The number of aryl methyl sites for hydroxylation is 1. The number of carbonyl (C=O) groups excluding carboxylic acids is 3. The van der Waals surface area contributed by atoms with Crippen LogP contribution in [0.1, 0.15) is 25.6 Å². The van der Waals surface area contributed by atoms with Crippen LogP contribution in [0.25, 0.3) is 0 Å². The van der Waals surface area contributed by atoms with E-state index in [2.05, 4.69) is 10.6 Å². The lowest BCUT2D eigenvalue weighted by atomic mass is 10.1. The van der Waals surface area contributed by atoms with Gasteiger partial charge in [0.2, 0.25) is 5.91 Å². The molecule has 1 aliphatic rings. The first-order valence-electron chi connectivity index (χ1n) is 10.8. The van der Waals surface area contributed by atoms with Crippen molar-refractivity contribution in [1.82, 2.24) is 9.80 Å². The maximum absolute atomic E-state index is 12.8. The van der Waals surface area contributed by atoms with Crippen molar-refractivity contribution < 1.29 is 14.4 Å². The molecule has 1 aromatic heterocycles. The lowest BCUT2D eigenvalue weighted by Gasteiger charge is -2.34. The van der Waals surface area contributed by atoms with E-state index < -0.39 is 0 Å². The van der Waals surface area contributed by atoms with E-state index in [-0.39, 0.29) is 24.3 Å². The van der Waals surface area contributed by atoms with E-state index in [0.717, 1.165) is 10.4 Å². The van der Waals surface area contributed by atoms with Gasteiger partial charge in [0.05, 0.1) is 17.0 Å². The number of rotatable bonds is 6. The van der Waals surface area contributed by atoms with Gasteiger partial charge in [-0.1, -0.05) is 35.9 Å². The molecular formula is C25H26N4O3S. The van der Waals surface area contributed by atoms with Crippen LogP contribution in [0, 0.1) is 6.92 Å². The van der Waals surface area contributed by atoms with E-state index in [1.54, 1.807) is 28.0 Å². The smallest absolute Gasteiger partial charge is 0.264 e. The number of hydrogen-bond acceptors (Lipinski definition) is 5. The predicted molar refractivity (Wildman–Crippen MR) is 131 cm³/mol. The van der Waals surface area contributed by atoms with E-state index in [1.807, 2.05) is 54.8 Å². The Morgan fingerprint density at radius 1 is 0.879 bits per heavy atom. The molecule has 33 heavy (non-hydrogen) atoms. The van der Waals surface area contributed by atoms with Gasteiger partial charge in [-0.25, -0.2) is 0 Å². The normalized spacial score (nSPS) is 13.5. The highest BCUT2D eigenvalue weighted by molar-refractivity contribution is 7.12. The zero-order valence-corrected chi connectivity index (χ0v) is 19.2. The molecule has 1 fully saturated rings. The van der Waals surface area contributed by atoms with Crippen LogP contribution in [0.3, 0.4) is 0 Å². The first-order valence-corrected chi connectivity index (χ1v) is 11.7. The minimum absolute atomic E-state index is 0.0174. The minimum atomic E-state index is -0.241. The Labute approximate surface area is 197 Å². The molecular weight excluding hydrogens is 436 g/mol. The van der Waals surface area contributed by atoms with Crippen LogP contribution in [-0.4, -0.2) is 60.2 Å². The van der Waals surface area contributed by atoms with Crippen molar-refractivity contribution >= 4 is 40.4 Å². The quantitative estimate of drug-likeness (QED) is 0.585. The summed E-state index contributed by atoms with van der Waals surface area (Å²) >= 11 is 1.43. The lowest BCUT2D eigenvalue weighted by molar-refractivity contribution is -0.130. The summed E-state index contributed by atoms with van der Waals surface area (Å²) in [7, 11) is 0. The molecule has 4 rings (SSSR count).